The Balaban J connectivity index is 3.24. The van der Waals surface area contributed by atoms with E-state index in [0.29, 0.717) is 11.4 Å². The molecule has 0 radical (unpaired) electrons. The van der Waals surface area contributed by atoms with Crippen molar-refractivity contribution in [2.24, 2.45) is 0 Å². The summed E-state index contributed by atoms with van der Waals surface area (Å²) in [5, 5.41) is 17.9. The molecule has 0 saturated heterocycles. The average molecular weight is 154 g/mol. The van der Waals surface area contributed by atoms with Crippen molar-refractivity contribution in [1.29, 1.82) is 0 Å². The second-order valence-electron chi connectivity index (χ2n) is 2.32. The molecule has 1 heterocycles. The molecule has 0 amide bonds. The highest BCUT2D eigenvalue weighted by molar-refractivity contribution is 5.43. The summed E-state index contributed by atoms with van der Waals surface area (Å²) >= 11 is 0. The van der Waals surface area contributed by atoms with Crippen LogP contribution < -0.4 is 5.73 Å². The summed E-state index contributed by atoms with van der Waals surface area (Å²) in [5.41, 5.74) is 6.22. The van der Waals surface area contributed by atoms with Gasteiger partial charge >= 0.3 is 0 Å². The molecule has 4 nitrogen and oxygen atoms in total. The van der Waals surface area contributed by atoms with E-state index in [2.05, 4.69) is 4.98 Å². The van der Waals surface area contributed by atoms with Gasteiger partial charge in [-0.05, 0) is 18.6 Å². The number of hydrogen-bond donors (Lipinski definition) is 3. The number of nitrogen functional groups attached to an aromatic ring is 1. The zero-order valence-electron chi connectivity index (χ0n) is 6.20. The number of nitrogens with two attached hydrogens (primary N) is 1. The van der Waals surface area contributed by atoms with Crippen molar-refractivity contribution in [3.8, 4) is 5.75 Å². The van der Waals surface area contributed by atoms with Crippen LogP contribution in [-0.4, -0.2) is 15.2 Å². The summed E-state index contributed by atoms with van der Waals surface area (Å²) in [6.07, 6.45) is 0. The van der Waals surface area contributed by atoms with E-state index in [1.165, 1.54) is 0 Å². The Morgan fingerprint density at radius 1 is 1.64 bits per heavy atom. The maximum atomic E-state index is 9.24. The van der Waals surface area contributed by atoms with Crippen LogP contribution in [0.4, 0.5) is 5.82 Å². The second-order valence-corrected chi connectivity index (χ2v) is 2.32. The number of aromatic hydroxyl groups is 1. The second kappa shape index (κ2) is 2.75. The Labute approximate surface area is 64.3 Å². The predicted octanol–water partition coefficient (Wildman–Crippen LogP) is 0.170. The topological polar surface area (TPSA) is 79.4 Å². The molecule has 4 N–H and O–H groups in total. The molecule has 1 aromatic heterocycles. The maximum absolute atomic E-state index is 9.24. The quantitative estimate of drug-likeness (QED) is 0.538. The molecule has 11 heavy (non-hydrogen) atoms. The van der Waals surface area contributed by atoms with Gasteiger partial charge in [0.15, 0.2) is 0 Å². The van der Waals surface area contributed by atoms with E-state index in [-0.39, 0.29) is 18.1 Å². The van der Waals surface area contributed by atoms with E-state index in [9.17, 15) is 5.11 Å². The van der Waals surface area contributed by atoms with Gasteiger partial charge in [0, 0.05) is 0 Å². The van der Waals surface area contributed by atoms with Crippen LogP contribution in [0.15, 0.2) is 6.07 Å². The molecule has 0 aromatic carbocycles. The fourth-order valence-electron chi connectivity index (χ4n) is 0.869. The van der Waals surface area contributed by atoms with Gasteiger partial charge in [0.1, 0.15) is 17.3 Å². The van der Waals surface area contributed by atoms with Gasteiger partial charge in [0.2, 0.25) is 0 Å². The minimum atomic E-state index is -0.294. The summed E-state index contributed by atoms with van der Waals surface area (Å²) in [4.78, 5) is 3.73. The van der Waals surface area contributed by atoms with Gasteiger partial charge in [-0.25, -0.2) is 4.98 Å². The minimum Gasteiger partial charge on any atom is -0.506 e. The first-order valence-corrected chi connectivity index (χ1v) is 3.21. The lowest BCUT2D eigenvalue weighted by Gasteiger charge is -2.04. The number of aromatic nitrogens is 1. The molecule has 0 aliphatic carbocycles. The number of rotatable bonds is 1. The number of nitrogens with zero attached hydrogens (tertiary/aromatic N) is 1. The lowest BCUT2D eigenvalue weighted by Crippen LogP contribution is -1.97. The number of hydrogen-bond acceptors (Lipinski definition) is 4. The third kappa shape index (κ3) is 1.40. The summed E-state index contributed by atoms with van der Waals surface area (Å²) in [6, 6.07) is 1.55. The molecule has 0 saturated carbocycles. The van der Waals surface area contributed by atoms with E-state index in [0.717, 1.165) is 0 Å². The SMILES string of the molecule is Cc1cc(N)nc(CO)c1O. The molecule has 60 valence electrons. The molecule has 0 spiro atoms. The number of aliphatic hydroxyl groups excluding tert-OH is 1. The van der Waals surface area contributed by atoms with Crippen molar-refractivity contribution >= 4 is 5.82 Å². The molecule has 4 heteroatoms. The molecular formula is C7H10N2O2. The van der Waals surface area contributed by atoms with E-state index in [1.807, 2.05) is 0 Å². The summed E-state index contributed by atoms with van der Waals surface area (Å²) in [5.74, 6) is 0.325. The Morgan fingerprint density at radius 2 is 2.27 bits per heavy atom. The Kier molecular flexibility index (Phi) is 1.96. The molecule has 0 fully saturated rings. The lowest BCUT2D eigenvalue weighted by molar-refractivity contribution is 0.270. The van der Waals surface area contributed by atoms with Gasteiger partial charge in [-0.15, -0.1) is 0 Å². The van der Waals surface area contributed by atoms with E-state index >= 15 is 0 Å². The standard InChI is InChI=1S/C7H10N2O2/c1-4-2-6(8)9-5(3-10)7(4)11/h2,10-11H,3H2,1H3,(H2,8,9). The van der Waals surface area contributed by atoms with Crippen LogP contribution in [0.5, 0.6) is 5.75 Å². The summed E-state index contributed by atoms with van der Waals surface area (Å²) < 4.78 is 0. The molecule has 0 aliphatic rings. The lowest BCUT2D eigenvalue weighted by atomic mass is 10.2. The van der Waals surface area contributed by atoms with E-state index in [1.54, 1.807) is 13.0 Å². The first-order chi connectivity index (χ1) is 5.15. The molecule has 0 atom stereocenters. The zero-order chi connectivity index (χ0) is 8.43. The molecule has 0 unspecified atom stereocenters. The maximum Gasteiger partial charge on any atom is 0.142 e. The van der Waals surface area contributed by atoms with Crippen molar-refractivity contribution in [3.63, 3.8) is 0 Å². The van der Waals surface area contributed by atoms with Crippen LogP contribution in [0.3, 0.4) is 0 Å². The fraction of sp³-hybridized carbons (Fsp3) is 0.286. The van der Waals surface area contributed by atoms with Crippen LogP contribution in [-0.2, 0) is 6.61 Å². The van der Waals surface area contributed by atoms with Gasteiger partial charge in [-0.1, -0.05) is 0 Å². The van der Waals surface area contributed by atoms with Crippen LogP contribution in [0.2, 0.25) is 0 Å². The van der Waals surface area contributed by atoms with E-state index < -0.39 is 0 Å². The Morgan fingerprint density at radius 3 is 2.82 bits per heavy atom. The summed E-state index contributed by atoms with van der Waals surface area (Å²) in [6.45, 7) is 1.41. The highest BCUT2D eigenvalue weighted by Crippen LogP contribution is 2.21. The molecular weight excluding hydrogens is 144 g/mol. The van der Waals surface area contributed by atoms with Gasteiger partial charge in [0.25, 0.3) is 0 Å². The first-order valence-electron chi connectivity index (χ1n) is 3.21. The Bertz CT molecular complexity index is 273. The minimum absolute atomic E-state index is 0.0155. The van der Waals surface area contributed by atoms with Crippen molar-refractivity contribution in [1.82, 2.24) is 4.98 Å². The number of anilines is 1. The van der Waals surface area contributed by atoms with Gasteiger partial charge < -0.3 is 15.9 Å². The van der Waals surface area contributed by atoms with Crippen LogP contribution in [0.25, 0.3) is 0 Å². The van der Waals surface area contributed by atoms with Crippen molar-refractivity contribution in [3.05, 3.63) is 17.3 Å². The molecule has 1 rings (SSSR count). The third-order valence-corrected chi connectivity index (χ3v) is 1.43. The van der Waals surface area contributed by atoms with Crippen LogP contribution >= 0.6 is 0 Å². The first kappa shape index (κ1) is 7.81. The zero-order valence-corrected chi connectivity index (χ0v) is 6.20. The monoisotopic (exact) mass is 154 g/mol. The van der Waals surface area contributed by atoms with Gasteiger partial charge in [-0.2, -0.15) is 0 Å². The van der Waals surface area contributed by atoms with Crippen LogP contribution in [0, 0.1) is 6.92 Å². The van der Waals surface area contributed by atoms with Crippen molar-refractivity contribution < 1.29 is 10.2 Å². The fourth-order valence-corrected chi connectivity index (χ4v) is 0.869. The highest BCUT2D eigenvalue weighted by atomic mass is 16.3. The third-order valence-electron chi connectivity index (χ3n) is 1.43. The van der Waals surface area contributed by atoms with Crippen molar-refractivity contribution in [2.75, 3.05) is 5.73 Å². The smallest absolute Gasteiger partial charge is 0.142 e. The summed E-state index contributed by atoms with van der Waals surface area (Å²) in [7, 11) is 0. The molecule has 0 bridgehead atoms. The number of aliphatic hydroxyl groups is 1. The largest absolute Gasteiger partial charge is 0.506 e. The number of aryl methyl sites for hydroxylation is 1. The highest BCUT2D eigenvalue weighted by Gasteiger charge is 2.05. The molecule has 1 aromatic rings. The number of pyridine rings is 1. The van der Waals surface area contributed by atoms with Crippen molar-refractivity contribution in [2.45, 2.75) is 13.5 Å². The average Bonchev–Trinajstić information content (AvgIpc) is 1.96. The predicted molar refractivity (Wildman–Crippen MR) is 41.0 cm³/mol. The van der Waals surface area contributed by atoms with E-state index in [4.69, 9.17) is 10.8 Å². The van der Waals surface area contributed by atoms with Gasteiger partial charge in [0.05, 0.1) is 6.61 Å². The molecule has 0 aliphatic heterocycles. The van der Waals surface area contributed by atoms with Gasteiger partial charge in [-0.3, -0.25) is 0 Å². The Hall–Kier alpha value is -1.29. The van der Waals surface area contributed by atoms with Crippen LogP contribution in [0.1, 0.15) is 11.3 Å². The normalized spacial score (nSPS) is 10.0.